The maximum absolute atomic E-state index is 13.4. The van der Waals surface area contributed by atoms with Crippen molar-refractivity contribution >= 4 is 38.4 Å². The van der Waals surface area contributed by atoms with Crippen LogP contribution in [-0.4, -0.2) is 59.1 Å². The molecule has 0 bridgehead atoms. The maximum Gasteiger partial charge on any atom is 0.266 e. The highest BCUT2D eigenvalue weighted by molar-refractivity contribution is 7.99. The number of hydrogen-bond donors (Lipinski definition) is 0. The molecule has 9 heteroatoms. The van der Waals surface area contributed by atoms with Gasteiger partial charge in [-0.2, -0.15) is 0 Å². The Labute approximate surface area is 204 Å². The summed E-state index contributed by atoms with van der Waals surface area (Å²) in [4.78, 5) is 32.5. The van der Waals surface area contributed by atoms with Crippen molar-refractivity contribution in [3.05, 3.63) is 64.4 Å². The van der Waals surface area contributed by atoms with Crippen LogP contribution in [0.15, 0.2) is 58.5 Å². The summed E-state index contributed by atoms with van der Waals surface area (Å²) < 4.78 is 25.2. The van der Waals surface area contributed by atoms with Crippen molar-refractivity contribution in [2.24, 2.45) is 0 Å². The van der Waals surface area contributed by atoms with E-state index in [1.54, 1.807) is 23.7 Å². The van der Waals surface area contributed by atoms with Crippen LogP contribution in [0, 0.1) is 0 Å². The van der Waals surface area contributed by atoms with E-state index in [1.807, 2.05) is 36.4 Å². The van der Waals surface area contributed by atoms with Gasteiger partial charge in [-0.15, -0.1) is 0 Å². The predicted octanol–water partition coefficient (Wildman–Crippen LogP) is 3.64. The van der Waals surface area contributed by atoms with Crippen molar-refractivity contribution in [3.63, 3.8) is 0 Å². The summed E-state index contributed by atoms with van der Waals surface area (Å²) in [5.74, 6) is 0.403. The first-order valence-corrected chi connectivity index (χ1v) is 14.2. The van der Waals surface area contributed by atoms with Crippen LogP contribution in [0.25, 0.3) is 16.6 Å². The van der Waals surface area contributed by atoms with Gasteiger partial charge in [0.25, 0.3) is 5.56 Å². The molecule has 180 valence electrons. The van der Waals surface area contributed by atoms with Crippen LogP contribution in [0.2, 0.25) is 0 Å². The van der Waals surface area contributed by atoms with Gasteiger partial charge in [-0.25, -0.2) is 13.4 Å². The van der Waals surface area contributed by atoms with E-state index in [2.05, 4.69) is 13.8 Å². The summed E-state index contributed by atoms with van der Waals surface area (Å²) in [5, 5.41) is 0.943. The molecular weight excluding hydrogens is 470 g/mol. The van der Waals surface area contributed by atoms with Crippen molar-refractivity contribution in [1.82, 2.24) is 14.5 Å². The van der Waals surface area contributed by atoms with Gasteiger partial charge in [0, 0.05) is 13.1 Å². The van der Waals surface area contributed by atoms with Crippen LogP contribution in [-0.2, 0) is 14.6 Å². The van der Waals surface area contributed by atoms with Crippen LogP contribution < -0.4 is 5.56 Å². The van der Waals surface area contributed by atoms with Gasteiger partial charge in [-0.05, 0) is 48.6 Å². The summed E-state index contributed by atoms with van der Waals surface area (Å²) in [6.45, 7) is 4.30. The molecule has 1 aliphatic rings. The minimum absolute atomic E-state index is 0.00136. The van der Waals surface area contributed by atoms with Gasteiger partial charge in [0.15, 0.2) is 15.0 Å². The summed E-state index contributed by atoms with van der Waals surface area (Å²) in [5.41, 5.74) is 2.28. The second-order valence-electron chi connectivity index (χ2n) is 8.80. The molecule has 2 heterocycles. The molecule has 2 unspecified atom stereocenters. The summed E-state index contributed by atoms with van der Waals surface area (Å²) in [7, 11) is -1.44. The van der Waals surface area contributed by atoms with Crippen LogP contribution in [0.3, 0.4) is 0 Å². The fourth-order valence-corrected chi connectivity index (χ4v) is 6.85. The molecule has 2 atom stereocenters. The van der Waals surface area contributed by atoms with Crippen LogP contribution >= 0.6 is 11.8 Å². The Morgan fingerprint density at radius 3 is 2.56 bits per heavy atom. The third-order valence-electron chi connectivity index (χ3n) is 6.55. The second kappa shape index (κ2) is 9.92. The normalized spacial score (nSPS) is 18.1. The Morgan fingerprint density at radius 1 is 1.21 bits per heavy atom. The monoisotopic (exact) mass is 499 g/mol. The molecule has 0 N–H and O–H groups in total. The van der Waals surface area contributed by atoms with Gasteiger partial charge in [0.2, 0.25) is 5.91 Å². The first-order valence-electron chi connectivity index (χ1n) is 11.4. The largest absolute Gasteiger partial charge is 0.341 e. The highest BCUT2D eigenvalue weighted by atomic mass is 32.2. The zero-order valence-corrected chi connectivity index (χ0v) is 21.2. The van der Waals surface area contributed by atoms with E-state index in [0.29, 0.717) is 34.1 Å². The molecular formula is C25H29N3O4S2. The fourth-order valence-electron chi connectivity index (χ4n) is 4.14. The highest BCUT2D eigenvalue weighted by Gasteiger charge is 2.32. The number of fused-ring (bicyclic) bond motifs is 1. The maximum atomic E-state index is 13.4. The summed E-state index contributed by atoms with van der Waals surface area (Å²) in [6.07, 6.45) is 1.48. The average molecular weight is 500 g/mol. The lowest BCUT2D eigenvalue weighted by Gasteiger charge is -2.23. The number of rotatable bonds is 7. The minimum atomic E-state index is -3.08. The molecule has 1 aliphatic heterocycles. The zero-order valence-electron chi connectivity index (χ0n) is 19.6. The Hall–Kier alpha value is -2.65. The standard InChI is InChI=1S/C25H29N3O4S2/c1-4-17(2)18-9-11-19(12-10-18)28-24(30)21-7-5-6-8-22(21)26-25(28)33-15-23(29)27(3)20-13-14-34(31,32)16-20/h5-12,17,20H,4,13-16H2,1-3H3. The van der Waals surface area contributed by atoms with E-state index in [-0.39, 0.29) is 34.8 Å². The zero-order chi connectivity index (χ0) is 24.5. The molecule has 7 nitrogen and oxygen atoms in total. The Balaban J connectivity index is 1.65. The molecule has 1 saturated heterocycles. The highest BCUT2D eigenvalue weighted by Crippen LogP contribution is 2.25. The van der Waals surface area contributed by atoms with Crippen LogP contribution in [0.4, 0.5) is 0 Å². The van der Waals surface area contributed by atoms with Crippen LogP contribution in [0.5, 0.6) is 0 Å². The molecule has 4 rings (SSSR count). The SMILES string of the molecule is CCC(C)c1ccc(-n2c(SCC(=O)N(C)C3CCS(=O)(=O)C3)nc3ccccc3c2=O)cc1. The number of para-hydroxylation sites is 1. The smallest absolute Gasteiger partial charge is 0.266 e. The minimum Gasteiger partial charge on any atom is -0.341 e. The third-order valence-corrected chi connectivity index (χ3v) is 9.23. The molecule has 1 fully saturated rings. The van der Waals surface area contributed by atoms with Crippen molar-refractivity contribution < 1.29 is 13.2 Å². The molecule has 0 spiro atoms. The van der Waals surface area contributed by atoms with E-state index in [4.69, 9.17) is 4.98 Å². The van der Waals surface area contributed by atoms with Gasteiger partial charge in [0.05, 0.1) is 33.8 Å². The van der Waals surface area contributed by atoms with Gasteiger partial charge in [-0.1, -0.05) is 49.9 Å². The molecule has 0 radical (unpaired) electrons. The number of carbonyl (C=O) groups excluding carboxylic acids is 1. The van der Waals surface area contributed by atoms with E-state index in [9.17, 15) is 18.0 Å². The molecule has 0 aliphatic carbocycles. The topological polar surface area (TPSA) is 89.3 Å². The molecule has 2 aromatic carbocycles. The van der Waals surface area contributed by atoms with E-state index in [1.165, 1.54) is 22.2 Å². The van der Waals surface area contributed by atoms with Crippen molar-refractivity contribution in [2.45, 2.75) is 43.8 Å². The molecule has 0 saturated carbocycles. The number of amides is 1. The lowest BCUT2D eigenvalue weighted by atomic mass is 9.98. The Kier molecular flexibility index (Phi) is 7.14. The Bertz CT molecular complexity index is 1370. The summed E-state index contributed by atoms with van der Waals surface area (Å²) in [6, 6.07) is 14.8. The fraction of sp³-hybridized carbons (Fsp3) is 0.400. The number of carbonyl (C=O) groups is 1. The molecule has 1 aromatic heterocycles. The lowest BCUT2D eigenvalue weighted by Crippen LogP contribution is -2.39. The number of hydrogen-bond acceptors (Lipinski definition) is 6. The van der Waals surface area contributed by atoms with Gasteiger partial charge >= 0.3 is 0 Å². The quantitative estimate of drug-likeness (QED) is 0.364. The number of thioether (sulfide) groups is 1. The number of benzene rings is 2. The van der Waals surface area contributed by atoms with Crippen molar-refractivity contribution in [3.8, 4) is 5.69 Å². The average Bonchev–Trinajstić information content (AvgIpc) is 3.21. The van der Waals surface area contributed by atoms with E-state index >= 15 is 0 Å². The first-order chi connectivity index (χ1) is 16.2. The first kappa shape index (κ1) is 24.5. The lowest BCUT2D eigenvalue weighted by molar-refractivity contribution is -0.128. The predicted molar refractivity (Wildman–Crippen MR) is 137 cm³/mol. The van der Waals surface area contributed by atoms with Crippen LogP contribution in [0.1, 0.15) is 38.2 Å². The number of nitrogens with zero attached hydrogens (tertiary/aromatic N) is 3. The third kappa shape index (κ3) is 5.05. The van der Waals surface area contributed by atoms with E-state index in [0.717, 1.165) is 6.42 Å². The van der Waals surface area contributed by atoms with Gasteiger partial charge < -0.3 is 4.90 Å². The van der Waals surface area contributed by atoms with Crippen molar-refractivity contribution in [1.29, 1.82) is 0 Å². The molecule has 3 aromatic rings. The number of aromatic nitrogens is 2. The second-order valence-corrected chi connectivity index (χ2v) is 12.0. The molecule has 34 heavy (non-hydrogen) atoms. The van der Waals surface area contributed by atoms with Crippen molar-refractivity contribution in [2.75, 3.05) is 24.3 Å². The summed E-state index contributed by atoms with van der Waals surface area (Å²) >= 11 is 1.19. The number of sulfone groups is 1. The van der Waals surface area contributed by atoms with Gasteiger partial charge in [-0.3, -0.25) is 14.2 Å². The van der Waals surface area contributed by atoms with E-state index < -0.39 is 9.84 Å². The Morgan fingerprint density at radius 2 is 1.91 bits per heavy atom. The molecule has 1 amide bonds. The van der Waals surface area contributed by atoms with Gasteiger partial charge in [0.1, 0.15) is 0 Å².